The standard InChI is InChI=1S/C41H72O22/c1-27(2,18-21-56-24(42)43)33(10,54-16)30(7,48)40(52)37(14,62-40)60-35(12,29(5,6)20-23-58-26(46)47)32(9,50)41(53)38(15,63-41)59-34(11,28(3,4)19-22-57-25(44)45)31(8,49)39(51)36(13,55-17)61-39/h48-53H,18-23H2,1-17H3,(H,42,43)(H,44,45)(H,46,47). The largest absolute Gasteiger partial charge is 0.505 e. The first-order valence-electron chi connectivity index (χ1n) is 20.4. The van der Waals surface area contributed by atoms with E-state index in [1.807, 2.05) is 0 Å². The zero-order valence-corrected chi connectivity index (χ0v) is 39.6. The molecule has 0 spiro atoms. The van der Waals surface area contributed by atoms with E-state index in [-0.39, 0.29) is 25.9 Å². The number of epoxide rings is 3. The summed E-state index contributed by atoms with van der Waals surface area (Å²) in [5, 5.41) is 102. The molecule has 0 aromatic rings. The highest BCUT2D eigenvalue weighted by atomic mass is 16.9. The Hall–Kier alpha value is -2.71. The van der Waals surface area contributed by atoms with Crippen LogP contribution in [0.2, 0.25) is 0 Å². The monoisotopic (exact) mass is 916 g/mol. The normalized spacial score (nSPS) is 35.3. The van der Waals surface area contributed by atoms with E-state index in [1.54, 1.807) is 27.7 Å². The molecule has 9 N–H and O–H groups in total. The van der Waals surface area contributed by atoms with Crippen LogP contribution < -0.4 is 0 Å². The lowest BCUT2D eigenvalue weighted by Crippen LogP contribution is -2.73. The fourth-order valence-corrected chi connectivity index (χ4v) is 9.33. The third-order valence-electron chi connectivity index (χ3n) is 15.8. The average Bonchev–Trinajstić information content (AvgIpc) is 4.03. The molecule has 0 bridgehead atoms. The average molecular weight is 917 g/mol. The van der Waals surface area contributed by atoms with Gasteiger partial charge in [-0.3, -0.25) is 0 Å². The molecule has 3 rings (SSSR count). The second kappa shape index (κ2) is 16.0. The van der Waals surface area contributed by atoms with Gasteiger partial charge in [0.25, 0.3) is 17.4 Å². The summed E-state index contributed by atoms with van der Waals surface area (Å²) in [5.74, 6) is -14.5. The molecule has 0 aliphatic carbocycles. The molecule has 63 heavy (non-hydrogen) atoms. The summed E-state index contributed by atoms with van der Waals surface area (Å²) in [7, 11) is 2.48. The van der Waals surface area contributed by atoms with Crippen LogP contribution in [-0.2, 0) is 47.4 Å². The van der Waals surface area contributed by atoms with E-state index in [4.69, 9.17) is 52.5 Å². The van der Waals surface area contributed by atoms with Crippen molar-refractivity contribution in [2.24, 2.45) is 16.2 Å². The van der Waals surface area contributed by atoms with Gasteiger partial charge in [0.05, 0.1) is 19.8 Å². The SMILES string of the molecule is COC1(C)OC1(O)C(C)(O)C(C)(OC1(C)OC1(O)C(C)(O)C(C)(OC1(C)OC1(O)C(C)(O)C(C)(OC)C(C)(C)CCOC(=O)O)C(C)(C)CCOC(=O)O)C(C)(C)CCOC(=O)O. The number of carboxylic acid groups (broad SMARTS) is 3. The Bertz CT molecular complexity index is 1750. The summed E-state index contributed by atoms with van der Waals surface area (Å²) in [4.78, 5) is 33.9. The van der Waals surface area contributed by atoms with Crippen LogP contribution in [0.15, 0.2) is 0 Å². The first-order valence-corrected chi connectivity index (χ1v) is 20.4. The lowest BCUT2D eigenvalue weighted by Gasteiger charge is -2.56. The Balaban J connectivity index is 2.20. The second-order valence-electron chi connectivity index (χ2n) is 20.2. The van der Waals surface area contributed by atoms with Crippen LogP contribution in [-0.4, -0.2) is 167 Å². The Morgan fingerprint density at radius 2 is 0.698 bits per heavy atom. The van der Waals surface area contributed by atoms with Crippen molar-refractivity contribution >= 4 is 18.5 Å². The summed E-state index contributed by atoms with van der Waals surface area (Å²) in [5.41, 5.74) is -18.0. The molecular weight excluding hydrogens is 844 g/mol. The van der Waals surface area contributed by atoms with Gasteiger partial charge in [0.2, 0.25) is 17.4 Å². The van der Waals surface area contributed by atoms with Crippen molar-refractivity contribution in [1.82, 2.24) is 0 Å². The highest BCUT2D eigenvalue weighted by molar-refractivity contribution is 5.57. The van der Waals surface area contributed by atoms with Crippen LogP contribution in [0.5, 0.6) is 0 Å². The second-order valence-corrected chi connectivity index (χ2v) is 20.2. The maximum atomic E-state index is 13.0. The van der Waals surface area contributed by atoms with Gasteiger partial charge >= 0.3 is 18.5 Å². The van der Waals surface area contributed by atoms with Crippen molar-refractivity contribution in [3.05, 3.63) is 0 Å². The van der Waals surface area contributed by atoms with Gasteiger partial charge in [-0.25, -0.2) is 14.4 Å². The maximum Gasteiger partial charge on any atom is 0.505 e. The minimum atomic E-state index is -2.87. The van der Waals surface area contributed by atoms with Crippen LogP contribution >= 0.6 is 0 Å². The molecule has 0 aromatic carbocycles. The lowest BCUT2D eigenvalue weighted by molar-refractivity contribution is -0.332. The fraction of sp³-hybridized carbons (Fsp3) is 0.927. The molecule has 22 heteroatoms. The summed E-state index contributed by atoms with van der Waals surface area (Å²) in [6, 6.07) is 0. The van der Waals surface area contributed by atoms with E-state index in [2.05, 4.69) is 0 Å². The van der Waals surface area contributed by atoms with Gasteiger partial charge in [-0.1, -0.05) is 41.5 Å². The molecule has 12 atom stereocenters. The number of carbonyl (C=O) groups is 3. The predicted octanol–water partition coefficient (Wildman–Crippen LogP) is 3.48. The minimum Gasteiger partial charge on any atom is -0.450 e. The zero-order valence-electron chi connectivity index (χ0n) is 39.6. The first-order chi connectivity index (χ1) is 27.9. The molecule has 12 unspecified atom stereocenters. The molecule has 0 radical (unpaired) electrons. The molecule has 3 aliphatic heterocycles. The number of hydrogen-bond acceptors (Lipinski definition) is 19. The molecule has 0 aromatic heterocycles. The molecule has 22 nitrogen and oxygen atoms in total. The van der Waals surface area contributed by atoms with Crippen molar-refractivity contribution < 1.29 is 108 Å². The van der Waals surface area contributed by atoms with E-state index in [0.29, 0.717) is 0 Å². The predicted molar refractivity (Wildman–Crippen MR) is 214 cm³/mol. The molecule has 368 valence electrons. The lowest BCUT2D eigenvalue weighted by atomic mass is 9.61. The van der Waals surface area contributed by atoms with Crippen LogP contribution in [0.3, 0.4) is 0 Å². The highest BCUT2D eigenvalue weighted by Gasteiger charge is 2.90. The quantitative estimate of drug-likeness (QED) is 0.0380. The number of rotatable bonds is 24. The van der Waals surface area contributed by atoms with Crippen molar-refractivity contribution in [2.75, 3.05) is 34.0 Å². The van der Waals surface area contributed by atoms with Crippen LogP contribution in [0.4, 0.5) is 14.4 Å². The maximum absolute atomic E-state index is 13.0. The molecule has 3 saturated heterocycles. The smallest absolute Gasteiger partial charge is 0.450 e. The Morgan fingerprint density at radius 1 is 0.460 bits per heavy atom. The summed E-state index contributed by atoms with van der Waals surface area (Å²) < 4.78 is 56.2. The van der Waals surface area contributed by atoms with Gasteiger partial charge in [-0.2, -0.15) is 0 Å². The summed E-state index contributed by atoms with van der Waals surface area (Å²) in [6.07, 6.45) is -5.12. The first kappa shape index (κ1) is 54.6. The highest BCUT2D eigenvalue weighted by Crippen LogP contribution is 2.69. The van der Waals surface area contributed by atoms with Crippen molar-refractivity contribution in [1.29, 1.82) is 0 Å². The van der Waals surface area contributed by atoms with Gasteiger partial charge in [-0.05, 0) is 97.8 Å². The van der Waals surface area contributed by atoms with E-state index in [1.165, 1.54) is 83.5 Å². The summed E-state index contributed by atoms with van der Waals surface area (Å²) >= 11 is 0. The van der Waals surface area contributed by atoms with Gasteiger partial charge in [0, 0.05) is 14.2 Å². The van der Waals surface area contributed by atoms with Gasteiger partial charge in [0.15, 0.2) is 16.8 Å². The van der Waals surface area contributed by atoms with E-state index < -0.39 is 116 Å². The Morgan fingerprint density at radius 3 is 0.937 bits per heavy atom. The Labute approximate surface area is 367 Å². The number of methoxy groups -OCH3 is 2. The van der Waals surface area contributed by atoms with Gasteiger partial charge in [0.1, 0.15) is 16.8 Å². The minimum absolute atomic E-state index is 0.0111. The van der Waals surface area contributed by atoms with Crippen LogP contribution in [0, 0.1) is 16.2 Å². The van der Waals surface area contributed by atoms with E-state index in [0.717, 1.165) is 6.92 Å². The molecule has 3 heterocycles. The van der Waals surface area contributed by atoms with E-state index >= 15 is 0 Å². The Kier molecular flexibility index (Phi) is 13.9. The number of aliphatic hydroxyl groups is 6. The molecule has 0 saturated carbocycles. The van der Waals surface area contributed by atoms with Crippen molar-refractivity contribution in [2.45, 2.75) is 191 Å². The summed E-state index contributed by atoms with van der Waals surface area (Å²) in [6.45, 7) is 19.6. The number of ether oxygens (including phenoxy) is 10. The van der Waals surface area contributed by atoms with Gasteiger partial charge < -0.3 is 93.3 Å². The van der Waals surface area contributed by atoms with Crippen LogP contribution in [0.25, 0.3) is 0 Å². The molecular formula is C41H72O22. The zero-order chi connectivity index (χ0) is 49.5. The molecule has 0 amide bonds. The third-order valence-corrected chi connectivity index (χ3v) is 15.8. The van der Waals surface area contributed by atoms with Crippen molar-refractivity contribution in [3.63, 3.8) is 0 Å². The van der Waals surface area contributed by atoms with Gasteiger partial charge in [-0.15, -0.1) is 0 Å². The molecule has 3 fully saturated rings. The van der Waals surface area contributed by atoms with Crippen molar-refractivity contribution in [3.8, 4) is 0 Å². The number of hydrogen-bond donors (Lipinski definition) is 9. The fourth-order valence-electron chi connectivity index (χ4n) is 9.33. The topological polar surface area (TPSA) is 335 Å². The molecule has 3 aliphatic rings. The third kappa shape index (κ3) is 7.97. The van der Waals surface area contributed by atoms with Crippen LogP contribution in [0.1, 0.15) is 123 Å². The van der Waals surface area contributed by atoms with E-state index in [9.17, 15) is 55.2 Å².